The molecule has 2 aromatic rings. The Morgan fingerprint density at radius 2 is 2.00 bits per heavy atom. The van der Waals surface area contributed by atoms with E-state index in [4.69, 9.17) is 21.1 Å². The van der Waals surface area contributed by atoms with E-state index in [2.05, 4.69) is 10.4 Å². The highest BCUT2D eigenvalue weighted by Crippen LogP contribution is 2.44. The number of ether oxygens (including phenoxy) is 2. The third-order valence-electron chi connectivity index (χ3n) is 4.07. The Bertz CT molecular complexity index is 966. The van der Waals surface area contributed by atoms with Crippen molar-refractivity contribution >= 4 is 40.3 Å². The molecule has 1 aliphatic heterocycles. The quantitative estimate of drug-likeness (QED) is 0.772. The number of hydrogen-bond donors (Lipinski definition) is 1. The molecule has 0 aromatic heterocycles. The third kappa shape index (κ3) is 5.02. The molecule has 2 amide bonds. The molecule has 0 aliphatic carbocycles. The number of benzene rings is 2. The van der Waals surface area contributed by atoms with E-state index in [1.165, 1.54) is 30.6 Å². The molecule has 0 saturated carbocycles. The Hall–Kier alpha value is -2.71. The van der Waals surface area contributed by atoms with E-state index in [1.54, 1.807) is 31.4 Å². The number of rotatable bonds is 5. The van der Waals surface area contributed by atoms with Gasteiger partial charge in [-0.3, -0.25) is 9.59 Å². The number of nitrogens with zero attached hydrogens (tertiary/aromatic N) is 2. The summed E-state index contributed by atoms with van der Waals surface area (Å²) < 4.78 is 11.4. The van der Waals surface area contributed by atoms with E-state index in [-0.39, 0.29) is 18.4 Å². The van der Waals surface area contributed by atoms with Crippen LogP contribution in [-0.4, -0.2) is 29.1 Å². The van der Waals surface area contributed by atoms with Crippen LogP contribution >= 0.6 is 23.4 Å². The van der Waals surface area contributed by atoms with Crippen LogP contribution in [0.4, 0.5) is 0 Å². The molecular weight excluding hydrogens is 414 g/mol. The first-order chi connectivity index (χ1) is 13.9. The number of hydrogen-bond acceptors (Lipinski definition) is 6. The van der Waals surface area contributed by atoms with Gasteiger partial charge >= 0.3 is 0 Å². The molecule has 0 fully saturated rings. The number of hydrazone groups is 1. The van der Waals surface area contributed by atoms with Crippen LogP contribution in [-0.2, 0) is 16.2 Å². The molecule has 0 spiro atoms. The second-order valence-corrected chi connectivity index (χ2v) is 7.68. The van der Waals surface area contributed by atoms with Crippen LogP contribution in [0.1, 0.15) is 30.3 Å². The number of carbonyl (C=O) groups excluding carboxylic acids is 2. The third-order valence-corrected chi connectivity index (χ3v) is 5.53. The Kier molecular flexibility index (Phi) is 6.66. The predicted molar refractivity (Wildman–Crippen MR) is 113 cm³/mol. The Balaban J connectivity index is 1.91. The molecule has 2 aromatic carbocycles. The van der Waals surface area contributed by atoms with Gasteiger partial charge < -0.3 is 14.8 Å². The van der Waals surface area contributed by atoms with Crippen molar-refractivity contribution in [3.63, 3.8) is 0 Å². The van der Waals surface area contributed by atoms with Gasteiger partial charge in [0.1, 0.15) is 23.5 Å². The van der Waals surface area contributed by atoms with Crippen LogP contribution in [0.15, 0.2) is 47.6 Å². The molecule has 1 heterocycles. The molecule has 0 saturated heterocycles. The summed E-state index contributed by atoms with van der Waals surface area (Å²) in [7, 11) is 1.56. The maximum absolute atomic E-state index is 12.2. The fourth-order valence-corrected chi connectivity index (χ4v) is 4.06. The first-order valence-electron chi connectivity index (χ1n) is 8.76. The van der Waals surface area contributed by atoms with Gasteiger partial charge in [-0.1, -0.05) is 41.6 Å². The fraction of sp³-hybridized carbons (Fsp3) is 0.250. The van der Waals surface area contributed by atoms with E-state index in [0.29, 0.717) is 27.3 Å². The second kappa shape index (κ2) is 9.19. The highest BCUT2D eigenvalue weighted by molar-refractivity contribution is 8.14. The standard InChI is InChI=1S/C20H20ClN3O4S/c1-12(25)22-20-23-24(13(2)26)19(29-20)16-10-15(27-3)8-9-18(16)28-11-14-6-4-5-7-17(14)21/h4-10,19H,11H2,1-3H3,(H,22,23,25). The molecule has 3 rings (SSSR count). The zero-order valence-corrected chi connectivity index (χ0v) is 17.7. The van der Waals surface area contributed by atoms with Gasteiger partial charge in [0.15, 0.2) is 5.17 Å². The minimum absolute atomic E-state index is 0.260. The predicted octanol–water partition coefficient (Wildman–Crippen LogP) is 3.93. The molecule has 1 unspecified atom stereocenters. The molecule has 1 N–H and O–H groups in total. The van der Waals surface area contributed by atoms with E-state index >= 15 is 0 Å². The number of amides is 2. The van der Waals surface area contributed by atoms with Crippen molar-refractivity contribution < 1.29 is 19.1 Å². The molecule has 7 nitrogen and oxygen atoms in total. The van der Waals surface area contributed by atoms with E-state index < -0.39 is 5.37 Å². The number of methoxy groups -OCH3 is 1. The van der Waals surface area contributed by atoms with Crippen molar-refractivity contribution in [3.8, 4) is 11.5 Å². The summed E-state index contributed by atoms with van der Waals surface area (Å²) in [6, 6.07) is 12.8. The lowest BCUT2D eigenvalue weighted by Gasteiger charge is -2.22. The first kappa shape index (κ1) is 21.0. The van der Waals surface area contributed by atoms with Gasteiger partial charge in [0, 0.05) is 30.0 Å². The number of carbonyl (C=O) groups is 2. The summed E-state index contributed by atoms with van der Waals surface area (Å²) in [6.45, 7) is 3.06. The van der Waals surface area contributed by atoms with Crippen molar-refractivity contribution in [2.75, 3.05) is 7.11 Å². The molecular formula is C20H20ClN3O4S. The number of halogens is 1. The Labute approximate surface area is 178 Å². The highest BCUT2D eigenvalue weighted by atomic mass is 35.5. The number of thioether (sulfide) groups is 1. The van der Waals surface area contributed by atoms with E-state index in [9.17, 15) is 9.59 Å². The summed E-state index contributed by atoms with van der Waals surface area (Å²) in [5.41, 5.74) is 1.54. The smallest absolute Gasteiger partial charge is 0.241 e. The van der Waals surface area contributed by atoms with Crippen LogP contribution < -0.4 is 14.8 Å². The molecule has 1 aliphatic rings. The fourth-order valence-electron chi connectivity index (χ4n) is 2.71. The van der Waals surface area contributed by atoms with Crippen LogP contribution in [0.3, 0.4) is 0 Å². The van der Waals surface area contributed by atoms with Crippen molar-refractivity contribution in [2.45, 2.75) is 25.8 Å². The average molecular weight is 434 g/mol. The summed E-state index contributed by atoms with van der Waals surface area (Å²) in [4.78, 5) is 23.6. The second-order valence-electron chi connectivity index (χ2n) is 6.20. The van der Waals surface area contributed by atoms with Crippen LogP contribution in [0.2, 0.25) is 5.02 Å². The van der Waals surface area contributed by atoms with Crippen LogP contribution in [0.5, 0.6) is 11.5 Å². The molecule has 1 atom stereocenters. The maximum Gasteiger partial charge on any atom is 0.241 e. The van der Waals surface area contributed by atoms with Crippen molar-refractivity contribution in [1.82, 2.24) is 10.3 Å². The lowest BCUT2D eigenvalue weighted by Crippen LogP contribution is -2.25. The van der Waals surface area contributed by atoms with Gasteiger partial charge in [-0.15, -0.1) is 5.10 Å². The minimum atomic E-state index is -0.509. The van der Waals surface area contributed by atoms with Gasteiger partial charge in [0.05, 0.1) is 7.11 Å². The molecule has 0 radical (unpaired) electrons. The van der Waals surface area contributed by atoms with Crippen molar-refractivity contribution in [2.24, 2.45) is 5.10 Å². The minimum Gasteiger partial charge on any atom is -0.497 e. The first-order valence-corrected chi connectivity index (χ1v) is 10.0. The lowest BCUT2D eigenvalue weighted by molar-refractivity contribution is -0.129. The van der Waals surface area contributed by atoms with Crippen LogP contribution in [0.25, 0.3) is 0 Å². The Morgan fingerprint density at radius 3 is 2.66 bits per heavy atom. The normalized spacial score (nSPS) is 15.7. The number of nitrogens with one attached hydrogen (secondary N) is 1. The zero-order chi connectivity index (χ0) is 21.0. The summed E-state index contributed by atoms with van der Waals surface area (Å²) >= 11 is 7.47. The van der Waals surface area contributed by atoms with Gasteiger partial charge in [0.2, 0.25) is 11.8 Å². The number of amidine groups is 1. The molecule has 9 heteroatoms. The van der Waals surface area contributed by atoms with Crippen LogP contribution in [0, 0.1) is 0 Å². The van der Waals surface area contributed by atoms with E-state index in [1.807, 2.05) is 18.2 Å². The monoisotopic (exact) mass is 433 g/mol. The van der Waals surface area contributed by atoms with Gasteiger partial charge in [-0.25, -0.2) is 5.01 Å². The van der Waals surface area contributed by atoms with Gasteiger partial charge in [0.25, 0.3) is 0 Å². The molecule has 29 heavy (non-hydrogen) atoms. The zero-order valence-electron chi connectivity index (χ0n) is 16.1. The Morgan fingerprint density at radius 1 is 1.24 bits per heavy atom. The lowest BCUT2D eigenvalue weighted by atomic mass is 10.1. The van der Waals surface area contributed by atoms with E-state index in [0.717, 1.165) is 5.56 Å². The van der Waals surface area contributed by atoms with Gasteiger partial charge in [-0.05, 0) is 24.3 Å². The topological polar surface area (TPSA) is 80.2 Å². The molecule has 152 valence electrons. The summed E-state index contributed by atoms with van der Waals surface area (Å²) in [5, 5.41) is 8.62. The average Bonchev–Trinajstić information content (AvgIpc) is 3.10. The summed E-state index contributed by atoms with van der Waals surface area (Å²) in [5.74, 6) is 0.653. The maximum atomic E-state index is 12.2. The molecule has 0 bridgehead atoms. The van der Waals surface area contributed by atoms with Gasteiger partial charge in [-0.2, -0.15) is 0 Å². The van der Waals surface area contributed by atoms with Crippen molar-refractivity contribution in [3.05, 3.63) is 58.6 Å². The highest BCUT2D eigenvalue weighted by Gasteiger charge is 2.34. The SMILES string of the molecule is COc1ccc(OCc2ccccc2Cl)c(C2SC(NC(C)=O)=NN2C(C)=O)c1. The summed E-state index contributed by atoms with van der Waals surface area (Å²) in [6.07, 6.45) is 0. The van der Waals surface area contributed by atoms with Crippen molar-refractivity contribution in [1.29, 1.82) is 0 Å². The largest absolute Gasteiger partial charge is 0.497 e.